The largest absolute Gasteiger partial charge is 0.362 e. The van der Waals surface area contributed by atoms with E-state index in [4.69, 9.17) is 11.6 Å². The summed E-state index contributed by atoms with van der Waals surface area (Å²) < 4.78 is 1.93. The first kappa shape index (κ1) is 15.6. The van der Waals surface area contributed by atoms with Crippen LogP contribution < -0.4 is 5.32 Å². The van der Waals surface area contributed by atoms with E-state index in [1.54, 1.807) is 18.7 Å². The van der Waals surface area contributed by atoms with Crippen LogP contribution in [0.15, 0.2) is 67.3 Å². The van der Waals surface area contributed by atoms with Gasteiger partial charge < -0.3 is 5.32 Å². The Kier molecular flexibility index (Phi) is 4.07. The van der Waals surface area contributed by atoms with E-state index in [2.05, 4.69) is 27.2 Å². The molecule has 0 aliphatic rings. The lowest BCUT2D eigenvalue weighted by Crippen LogP contribution is -2.09. The van der Waals surface area contributed by atoms with Gasteiger partial charge in [0, 0.05) is 5.02 Å². The molecule has 1 atom stereocenters. The van der Waals surface area contributed by atoms with Crippen molar-refractivity contribution in [2.75, 3.05) is 5.32 Å². The van der Waals surface area contributed by atoms with E-state index >= 15 is 0 Å². The lowest BCUT2D eigenvalue weighted by molar-refractivity contribution is 0.865. The molecule has 0 amide bonds. The summed E-state index contributed by atoms with van der Waals surface area (Å²) in [7, 11) is 0. The number of fused-ring (bicyclic) bond motifs is 1. The summed E-state index contributed by atoms with van der Waals surface area (Å²) in [5, 5.41) is 4.09. The fraction of sp³-hybridized carbons (Fsp3) is 0.105. The topological polar surface area (TPSA) is 55.6 Å². The molecular formula is C19H16ClN5. The molecule has 124 valence electrons. The first-order valence-electron chi connectivity index (χ1n) is 7.97. The number of halogens is 1. The van der Waals surface area contributed by atoms with Gasteiger partial charge in [0.1, 0.15) is 12.1 Å². The van der Waals surface area contributed by atoms with Gasteiger partial charge in [0.15, 0.2) is 5.82 Å². The normalized spacial score (nSPS) is 12.2. The van der Waals surface area contributed by atoms with Crippen molar-refractivity contribution in [2.45, 2.75) is 13.0 Å². The fourth-order valence-electron chi connectivity index (χ4n) is 2.76. The zero-order valence-corrected chi connectivity index (χ0v) is 14.4. The van der Waals surface area contributed by atoms with Crippen LogP contribution in [-0.2, 0) is 0 Å². The molecule has 1 unspecified atom stereocenters. The Bertz CT molecular complexity index is 1030. The lowest BCUT2D eigenvalue weighted by Gasteiger charge is -2.15. The van der Waals surface area contributed by atoms with Crippen LogP contribution in [0.4, 0.5) is 5.82 Å². The van der Waals surface area contributed by atoms with E-state index in [0.29, 0.717) is 5.82 Å². The summed E-state index contributed by atoms with van der Waals surface area (Å²) in [4.78, 5) is 13.4. The SMILES string of the molecule is CC(Nc1cncc(-n2cnc3ccccc32)n1)c1cccc(Cl)c1. The molecule has 5 nitrogen and oxygen atoms in total. The predicted molar refractivity (Wildman–Crippen MR) is 100 cm³/mol. The van der Waals surface area contributed by atoms with Gasteiger partial charge in [-0.3, -0.25) is 9.55 Å². The number of nitrogens with zero attached hydrogens (tertiary/aromatic N) is 4. The standard InChI is InChI=1S/C19H16ClN5/c1-13(14-5-4-6-15(20)9-14)23-18-10-21-11-19(24-18)25-12-22-16-7-2-3-8-17(16)25/h2-13H,1H3,(H,23,24). The number of aromatic nitrogens is 4. The molecule has 25 heavy (non-hydrogen) atoms. The van der Waals surface area contributed by atoms with Crippen LogP contribution in [0.5, 0.6) is 0 Å². The summed E-state index contributed by atoms with van der Waals surface area (Å²) in [5.74, 6) is 1.42. The van der Waals surface area contributed by atoms with Crippen molar-refractivity contribution < 1.29 is 0 Å². The summed E-state index contributed by atoms with van der Waals surface area (Å²) in [5.41, 5.74) is 3.01. The van der Waals surface area contributed by atoms with Crippen molar-refractivity contribution in [3.05, 3.63) is 77.8 Å². The van der Waals surface area contributed by atoms with Crippen molar-refractivity contribution in [2.24, 2.45) is 0 Å². The Morgan fingerprint density at radius 2 is 1.96 bits per heavy atom. The van der Waals surface area contributed by atoms with Gasteiger partial charge in [-0.2, -0.15) is 0 Å². The summed E-state index contributed by atoms with van der Waals surface area (Å²) in [6, 6.07) is 15.8. The van der Waals surface area contributed by atoms with Gasteiger partial charge >= 0.3 is 0 Å². The third kappa shape index (κ3) is 3.19. The van der Waals surface area contributed by atoms with Crippen molar-refractivity contribution in [3.63, 3.8) is 0 Å². The second-order valence-electron chi connectivity index (χ2n) is 5.79. The maximum Gasteiger partial charge on any atom is 0.159 e. The number of para-hydroxylation sites is 2. The molecule has 2 aromatic carbocycles. The van der Waals surface area contributed by atoms with E-state index < -0.39 is 0 Å². The molecule has 6 heteroatoms. The molecular weight excluding hydrogens is 334 g/mol. The first-order chi connectivity index (χ1) is 12.2. The molecule has 0 spiro atoms. The van der Waals surface area contributed by atoms with Crippen LogP contribution in [0.3, 0.4) is 0 Å². The Balaban J connectivity index is 1.63. The highest BCUT2D eigenvalue weighted by molar-refractivity contribution is 6.30. The minimum absolute atomic E-state index is 0.0581. The lowest BCUT2D eigenvalue weighted by atomic mass is 10.1. The number of hydrogen-bond donors (Lipinski definition) is 1. The molecule has 1 N–H and O–H groups in total. The fourth-order valence-corrected chi connectivity index (χ4v) is 2.96. The molecule has 2 heterocycles. The van der Waals surface area contributed by atoms with Gasteiger partial charge in [-0.25, -0.2) is 9.97 Å². The average Bonchev–Trinajstić information content (AvgIpc) is 3.06. The van der Waals surface area contributed by atoms with E-state index in [1.165, 1.54) is 0 Å². The van der Waals surface area contributed by atoms with Gasteiger partial charge in [-0.05, 0) is 36.8 Å². The molecule has 0 aliphatic carbocycles. The number of benzene rings is 2. The van der Waals surface area contributed by atoms with E-state index in [9.17, 15) is 0 Å². The number of anilines is 1. The van der Waals surface area contributed by atoms with Crippen molar-refractivity contribution in [3.8, 4) is 5.82 Å². The molecule has 0 saturated carbocycles. The second-order valence-corrected chi connectivity index (χ2v) is 6.22. The number of hydrogen-bond acceptors (Lipinski definition) is 4. The van der Waals surface area contributed by atoms with E-state index in [0.717, 1.165) is 27.4 Å². The van der Waals surface area contributed by atoms with Gasteiger partial charge in [0.05, 0.1) is 29.5 Å². The summed E-state index contributed by atoms with van der Waals surface area (Å²) in [6.45, 7) is 2.06. The molecule has 4 aromatic rings. The third-order valence-corrected chi connectivity index (χ3v) is 4.27. The molecule has 0 fully saturated rings. The minimum atomic E-state index is 0.0581. The molecule has 0 saturated heterocycles. The Hall–Kier alpha value is -2.92. The molecule has 4 rings (SSSR count). The predicted octanol–water partition coefficient (Wildman–Crippen LogP) is 4.64. The maximum atomic E-state index is 6.07. The molecule has 0 radical (unpaired) electrons. The summed E-state index contributed by atoms with van der Waals surface area (Å²) in [6.07, 6.45) is 5.20. The van der Waals surface area contributed by atoms with Crippen LogP contribution in [0.1, 0.15) is 18.5 Å². The zero-order valence-electron chi connectivity index (χ0n) is 13.6. The van der Waals surface area contributed by atoms with Gasteiger partial charge in [-0.15, -0.1) is 0 Å². The van der Waals surface area contributed by atoms with Crippen molar-refractivity contribution in [1.29, 1.82) is 0 Å². The van der Waals surface area contributed by atoms with Gasteiger partial charge in [0.2, 0.25) is 0 Å². The highest BCUT2D eigenvalue weighted by Crippen LogP contribution is 2.22. The third-order valence-electron chi connectivity index (χ3n) is 4.04. The van der Waals surface area contributed by atoms with Crippen LogP contribution in [-0.4, -0.2) is 19.5 Å². The first-order valence-corrected chi connectivity index (χ1v) is 8.35. The second kappa shape index (κ2) is 6.53. The number of imidazole rings is 1. The Labute approximate surface area is 150 Å². The Morgan fingerprint density at radius 1 is 1.08 bits per heavy atom. The van der Waals surface area contributed by atoms with Crippen LogP contribution in [0.25, 0.3) is 16.9 Å². The average molecular weight is 350 g/mol. The highest BCUT2D eigenvalue weighted by Gasteiger charge is 2.09. The summed E-state index contributed by atoms with van der Waals surface area (Å²) >= 11 is 6.07. The monoisotopic (exact) mass is 349 g/mol. The molecule has 0 bridgehead atoms. The number of rotatable bonds is 4. The van der Waals surface area contributed by atoms with Crippen LogP contribution >= 0.6 is 11.6 Å². The van der Waals surface area contributed by atoms with E-state index in [1.807, 2.05) is 53.1 Å². The van der Waals surface area contributed by atoms with Gasteiger partial charge in [0.25, 0.3) is 0 Å². The zero-order chi connectivity index (χ0) is 17.2. The maximum absolute atomic E-state index is 6.07. The molecule has 0 aliphatic heterocycles. The molecule has 2 aromatic heterocycles. The van der Waals surface area contributed by atoms with E-state index in [-0.39, 0.29) is 6.04 Å². The van der Waals surface area contributed by atoms with Crippen molar-refractivity contribution in [1.82, 2.24) is 19.5 Å². The Morgan fingerprint density at radius 3 is 2.84 bits per heavy atom. The van der Waals surface area contributed by atoms with Gasteiger partial charge in [-0.1, -0.05) is 35.9 Å². The highest BCUT2D eigenvalue weighted by atomic mass is 35.5. The minimum Gasteiger partial charge on any atom is -0.362 e. The van der Waals surface area contributed by atoms with Crippen LogP contribution in [0.2, 0.25) is 5.02 Å². The van der Waals surface area contributed by atoms with Crippen LogP contribution in [0, 0.1) is 0 Å². The number of nitrogens with one attached hydrogen (secondary N) is 1. The quantitative estimate of drug-likeness (QED) is 0.583. The smallest absolute Gasteiger partial charge is 0.159 e. The van der Waals surface area contributed by atoms with Crippen molar-refractivity contribution >= 4 is 28.5 Å².